The summed E-state index contributed by atoms with van der Waals surface area (Å²) in [6.45, 7) is 4.92. The highest BCUT2D eigenvalue weighted by atomic mass is 32.1. The van der Waals surface area contributed by atoms with Gasteiger partial charge in [0.2, 0.25) is 0 Å². The number of anilines is 2. The summed E-state index contributed by atoms with van der Waals surface area (Å²) in [6.07, 6.45) is 4.20. The molecule has 0 spiro atoms. The number of thiazole rings is 1. The maximum absolute atomic E-state index is 5.99. The first-order chi connectivity index (χ1) is 9.65. The zero-order valence-electron chi connectivity index (χ0n) is 11.8. The van der Waals surface area contributed by atoms with E-state index in [4.69, 9.17) is 5.73 Å². The summed E-state index contributed by atoms with van der Waals surface area (Å²) >= 11 is 1.68. The van der Waals surface area contributed by atoms with Gasteiger partial charge in [-0.05, 0) is 19.8 Å². The fourth-order valence-electron chi connectivity index (χ4n) is 2.06. The lowest BCUT2D eigenvalue weighted by Crippen LogP contribution is -2.14. The molecular formula is C14H19N5S. The summed E-state index contributed by atoms with van der Waals surface area (Å²) in [4.78, 5) is 13.4. The molecule has 1 atom stereocenters. The molecule has 1 saturated carbocycles. The molecule has 1 aliphatic rings. The Morgan fingerprint density at radius 2 is 2.25 bits per heavy atom. The molecule has 0 aliphatic heterocycles. The predicted octanol–water partition coefficient (Wildman–Crippen LogP) is 2.92. The number of nitrogens with one attached hydrogen (secondary N) is 1. The van der Waals surface area contributed by atoms with Gasteiger partial charge in [-0.15, -0.1) is 11.3 Å². The third kappa shape index (κ3) is 2.75. The van der Waals surface area contributed by atoms with Crippen molar-refractivity contribution in [1.29, 1.82) is 0 Å². The molecule has 0 amide bonds. The van der Waals surface area contributed by atoms with Gasteiger partial charge in [0.25, 0.3) is 0 Å². The Morgan fingerprint density at radius 1 is 1.45 bits per heavy atom. The minimum Gasteiger partial charge on any atom is -0.383 e. The molecule has 1 aliphatic carbocycles. The molecule has 1 unspecified atom stereocenters. The van der Waals surface area contributed by atoms with Crippen molar-refractivity contribution >= 4 is 23.0 Å². The highest BCUT2D eigenvalue weighted by molar-refractivity contribution is 7.09. The third-order valence-corrected chi connectivity index (χ3v) is 4.60. The molecule has 0 bridgehead atoms. The zero-order chi connectivity index (χ0) is 14.1. The number of nitrogens with two attached hydrogens (primary N) is 1. The molecule has 20 heavy (non-hydrogen) atoms. The third-order valence-electron chi connectivity index (χ3n) is 3.59. The van der Waals surface area contributed by atoms with E-state index in [2.05, 4.69) is 27.2 Å². The van der Waals surface area contributed by atoms with Crippen LogP contribution in [0.15, 0.2) is 11.6 Å². The van der Waals surface area contributed by atoms with Crippen LogP contribution in [-0.2, 0) is 0 Å². The first-order valence-corrected chi connectivity index (χ1v) is 7.80. The Labute approximate surface area is 122 Å². The minimum absolute atomic E-state index is 0.356. The molecule has 2 aromatic rings. The van der Waals surface area contributed by atoms with Gasteiger partial charge in [-0.3, -0.25) is 0 Å². The second kappa shape index (κ2) is 5.36. The van der Waals surface area contributed by atoms with E-state index in [-0.39, 0.29) is 0 Å². The van der Waals surface area contributed by atoms with E-state index in [9.17, 15) is 0 Å². The van der Waals surface area contributed by atoms with Gasteiger partial charge in [-0.2, -0.15) is 0 Å². The number of aromatic nitrogens is 3. The van der Waals surface area contributed by atoms with E-state index in [1.54, 1.807) is 11.3 Å². The molecular weight excluding hydrogens is 270 g/mol. The number of hydrogen-bond acceptors (Lipinski definition) is 6. The summed E-state index contributed by atoms with van der Waals surface area (Å²) in [5, 5.41) is 6.54. The van der Waals surface area contributed by atoms with E-state index >= 15 is 0 Å². The van der Waals surface area contributed by atoms with Crippen LogP contribution in [0.3, 0.4) is 0 Å². The Bertz CT molecular complexity index is 592. The second-order valence-corrected chi connectivity index (χ2v) is 6.29. The molecule has 6 heteroatoms. The van der Waals surface area contributed by atoms with Crippen LogP contribution in [0.25, 0.3) is 0 Å². The van der Waals surface area contributed by atoms with E-state index in [0.717, 1.165) is 28.8 Å². The van der Waals surface area contributed by atoms with Crippen LogP contribution >= 0.6 is 11.3 Å². The van der Waals surface area contributed by atoms with E-state index in [1.165, 1.54) is 12.8 Å². The van der Waals surface area contributed by atoms with Crippen LogP contribution in [-0.4, -0.2) is 21.5 Å². The molecule has 0 saturated heterocycles. The van der Waals surface area contributed by atoms with E-state index in [1.807, 2.05) is 18.5 Å². The average molecular weight is 289 g/mol. The Hall–Kier alpha value is -1.69. The van der Waals surface area contributed by atoms with Gasteiger partial charge in [0.05, 0.1) is 5.01 Å². The molecule has 3 rings (SSSR count). The topological polar surface area (TPSA) is 76.7 Å². The number of hydrogen-bond donors (Lipinski definition) is 2. The summed E-state index contributed by atoms with van der Waals surface area (Å²) in [5.41, 5.74) is 6.92. The van der Waals surface area contributed by atoms with Crippen LogP contribution in [0, 0.1) is 6.92 Å². The van der Waals surface area contributed by atoms with Crippen LogP contribution in [0.1, 0.15) is 48.0 Å². The number of rotatable bonds is 5. The van der Waals surface area contributed by atoms with Gasteiger partial charge in [-0.25, -0.2) is 15.0 Å². The van der Waals surface area contributed by atoms with Gasteiger partial charge >= 0.3 is 0 Å². The highest BCUT2D eigenvalue weighted by Gasteiger charge is 2.28. The number of nitrogen functional groups attached to an aromatic ring is 1. The Morgan fingerprint density at radius 3 is 2.90 bits per heavy atom. The maximum atomic E-state index is 5.99. The molecule has 3 N–H and O–H groups in total. The second-order valence-electron chi connectivity index (χ2n) is 5.37. The van der Waals surface area contributed by atoms with Gasteiger partial charge in [0, 0.05) is 35.5 Å². The smallest absolute Gasteiger partial charge is 0.136 e. The lowest BCUT2D eigenvalue weighted by atomic mass is 10.2. The van der Waals surface area contributed by atoms with Crippen molar-refractivity contribution in [2.45, 2.75) is 38.5 Å². The normalized spacial score (nSPS) is 16.1. The SMILES string of the molecule is Cc1c(N)nc(C2CC2)nc1NCC(C)c1nccs1. The molecule has 1 fully saturated rings. The first kappa shape index (κ1) is 13.3. The lowest BCUT2D eigenvalue weighted by Gasteiger charge is -2.14. The highest BCUT2D eigenvalue weighted by Crippen LogP contribution is 2.39. The molecule has 0 aromatic carbocycles. The van der Waals surface area contributed by atoms with Crippen molar-refractivity contribution in [3.8, 4) is 0 Å². The molecule has 2 heterocycles. The fraction of sp³-hybridized carbons (Fsp3) is 0.500. The molecule has 2 aromatic heterocycles. The fourth-order valence-corrected chi connectivity index (χ4v) is 2.76. The van der Waals surface area contributed by atoms with Crippen LogP contribution in [0.2, 0.25) is 0 Å². The van der Waals surface area contributed by atoms with Crippen molar-refractivity contribution in [3.05, 3.63) is 28.0 Å². The van der Waals surface area contributed by atoms with Crippen molar-refractivity contribution in [2.75, 3.05) is 17.6 Å². The number of nitrogens with zero attached hydrogens (tertiary/aromatic N) is 3. The summed E-state index contributed by atoms with van der Waals surface area (Å²) in [5.74, 6) is 3.21. The predicted molar refractivity (Wildman–Crippen MR) is 82.2 cm³/mol. The van der Waals surface area contributed by atoms with Gasteiger partial charge in [0.1, 0.15) is 17.5 Å². The van der Waals surface area contributed by atoms with E-state index in [0.29, 0.717) is 17.7 Å². The monoisotopic (exact) mass is 289 g/mol. The Balaban J connectivity index is 1.73. The van der Waals surface area contributed by atoms with Crippen molar-refractivity contribution < 1.29 is 0 Å². The summed E-state index contributed by atoms with van der Waals surface area (Å²) in [6, 6.07) is 0. The van der Waals surface area contributed by atoms with Crippen LogP contribution < -0.4 is 11.1 Å². The van der Waals surface area contributed by atoms with Crippen molar-refractivity contribution in [2.24, 2.45) is 0 Å². The van der Waals surface area contributed by atoms with Gasteiger partial charge in [0.15, 0.2) is 0 Å². The van der Waals surface area contributed by atoms with Gasteiger partial charge < -0.3 is 11.1 Å². The van der Waals surface area contributed by atoms with Crippen molar-refractivity contribution in [3.63, 3.8) is 0 Å². The zero-order valence-corrected chi connectivity index (χ0v) is 12.6. The first-order valence-electron chi connectivity index (χ1n) is 6.92. The molecule has 106 valence electrons. The van der Waals surface area contributed by atoms with E-state index < -0.39 is 0 Å². The quantitative estimate of drug-likeness (QED) is 0.885. The lowest BCUT2D eigenvalue weighted by molar-refractivity contribution is 0.787. The Kier molecular flexibility index (Phi) is 3.56. The standard InChI is InChI=1S/C14H19N5S/c1-8(14-16-5-6-20-14)7-17-12-9(2)11(15)18-13(19-12)10-3-4-10/h5-6,8,10H,3-4,7H2,1-2H3,(H3,15,17,18,19). The maximum Gasteiger partial charge on any atom is 0.136 e. The molecule has 5 nitrogen and oxygen atoms in total. The van der Waals surface area contributed by atoms with Crippen molar-refractivity contribution in [1.82, 2.24) is 15.0 Å². The summed E-state index contributed by atoms with van der Waals surface area (Å²) < 4.78 is 0. The van der Waals surface area contributed by atoms with Crippen LogP contribution in [0.4, 0.5) is 11.6 Å². The summed E-state index contributed by atoms with van der Waals surface area (Å²) in [7, 11) is 0. The molecule has 0 radical (unpaired) electrons. The largest absolute Gasteiger partial charge is 0.383 e. The minimum atomic E-state index is 0.356. The van der Waals surface area contributed by atoms with Gasteiger partial charge in [-0.1, -0.05) is 6.92 Å². The van der Waals surface area contributed by atoms with Crippen LogP contribution in [0.5, 0.6) is 0 Å². The average Bonchev–Trinajstić information content (AvgIpc) is 3.14.